The monoisotopic (exact) mass is 351 g/mol. The summed E-state index contributed by atoms with van der Waals surface area (Å²) in [7, 11) is 1.71. The van der Waals surface area contributed by atoms with Crippen molar-refractivity contribution in [1.29, 1.82) is 0 Å². The summed E-state index contributed by atoms with van der Waals surface area (Å²) in [6.45, 7) is 4.60. The summed E-state index contributed by atoms with van der Waals surface area (Å²) in [5, 5.41) is 2.93. The van der Waals surface area contributed by atoms with E-state index in [-0.39, 0.29) is 23.7 Å². The largest absolute Gasteiger partial charge is 0.483 e. The Hall–Kier alpha value is -1.40. The molecule has 0 saturated carbocycles. The molecule has 6 heteroatoms. The van der Waals surface area contributed by atoms with Gasteiger partial charge in [0.15, 0.2) is 18.1 Å². The van der Waals surface area contributed by atoms with Crippen LogP contribution in [0.15, 0.2) is 18.2 Å². The van der Waals surface area contributed by atoms with Gasteiger partial charge in [-0.15, -0.1) is 0 Å². The normalized spacial score (nSPS) is 24.3. The average Bonchev–Trinajstić information content (AvgIpc) is 3.14. The molecule has 2 aliphatic rings. The van der Waals surface area contributed by atoms with E-state index in [0.717, 1.165) is 35.7 Å². The van der Waals surface area contributed by atoms with Gasteiger partial charge in [0.05, 0.1) is 5.60 Å². The second kappa shape index (κ2) is 6.84. The van der Waals surface area contributed by atoms with Crippen molar-refractivity contribution in [2.75, 3.05) is 31.8 Å². The van der Waals surface area contributed by atoms with E-state index in [0.29, 0.717) is 12.3 Å². The molecular formula is C18H25NO4S. The Morgan fingerprint density at radius 1 is 1.42 bits per heavy atom. The second-order valence-electron chi connectivity index (χ2n) is 7.04. The van der Waals surface area contributed by atoms with Gasteiger partial charge in [0.25, 0.3) is 5.91 Å². The number of rotatable bonds is 6. The third-order valence-corrected chi connectivity index (χ3v) is 5.74. The van der Waals surface area contributed by atoms with Crippen LogP contribution in [-0.4, -0.2) is 48.9 Å². The van der Waals surface area contributed by atoms with Crippen LogP contribution in [0.1, 0.15) is 25.8 Å². The van der Waals surface area contributed by atoms with Crippen LogP contribution in [0, 0.1) is 0 Å². The molecule has 132 valence electrons. The smallest absolute Gasteiger partial charge is 0.258 e. The lowest BCUT2D eigenvalue weighted by atomic mass is 10.0. The quantitative estimate of drug-likeness (QED) is 0.853. The zero-order chi connectivity index (χ0) is 17.2. The number of nitrogens with one attached hydrogen (secondary N) is 1. The van der Waals surface area contributed by atoms with Crippen molar-refractivity contribution in [2.24, 2.45) is 0 Å². The fourth-order valence-electron chi connectivity index (χ4n) is 3.12. The molecule has 1 amide bonds. The molecule has 1 aromatic carbocycles. The Labute approximate surface area is 147 Å². The minimum absolute atomic E-state index is 0.0207. The number of ether oxygens (including phenoxy) is 3. The molecule has 0 aliphatic carbocycles. The third kappa shape index (κ3) is 3.81. The minimum atomic E-state index is -0.235. The second-order valence-corrected chi connectivity index (χ2v) is 8.14. The molecule has 0 bridgehead atoms. The van der Waals surface area contributed by atoms with Gasteiger partial charge in [-0.05, 0) is 32.1 Å². The van der Waals surface area contributed by atoms with Gasteiger partial charge < -0.3 is 19.5 Å². The predicted molar refractivity (Wildman–Crippen MR) is 95.0 cm³/mol. The van der Waals surface area contributed by atoms with Crippen LogP contribution >= 0.6 is 11.8 Å². The van der Waals surface area contributed by atoms with E-state index in [1.54, 1.807) is 7.11 Å². The molecular weight excluding hydrogens is 326 g/mol. The molecule has 3 rings (SSSR count). The minimum Gasteiger partial charge on any atom is -0.483 e. The summed E-state index contributed by atoms with van der Waals surface area (Å²) in [6, 6.07) is 5.82. The lowest BCUT2D eigenvalue weighted by molar-refractivity contribution is -0.124. The van der Waals surface area contributed by atoms with Crippen LogP contribution in [-0.2, 0) is 16.0 Å². The van der Waals surface area contributed by atoms with Gasteiger partial charge in [0, 0.05) is 31.4 Å². The van der Waals surface area contributed by atoms with Crippen molar-refractivity contribution >= 4 is 17.7 Å². The zero-order valence-corrected chi connectivity index (χ0v) is 15.3. The molecule has 1 aromatic rings. The fraction of sp³-hybridized carbons (Fsp3) is 0.611. The van der Waals surface area contributed by atoms with Crippen LogP contribution in [0.2, 0.25) is 0 Å². The zero-order valence-electron chi connectivity index (χ0n) is 14.5. The number of hydrogen-bond donors (Lipinski definition) is 1. The van der Waals surface area contributed by atoms with Crippen molar-refractivity contribution in [1.82, 2.24) is 5.32 Å². The summed E-state index contributed by atoms with van der Waals surface area (Å²) in [6.07, 6.45) is 1.81. The first-order chi connectivity index (χ1) is 11.4. The number of thioether (sulfide) groups is 1. The van der Waals surface area contributed by atoms with Crippen molar-refractivity contribution in [3.8, 4) is 11.5 Å². The van der Waals surface area contributed by atoms with Crippen molar-refractivity contribution in [2.45, 2.75) is 37.9 Å². The summed E-state index contributed by atoms with van der Waals surface area (Å²) in [4.78, 5) is 12.1. The maximum absolute atomic E-state index is 12.1. The molecule has 0 aromatic heterocycles. The van der Waals surface area contributed by atoms with E-state index in [9.17, 15) is 4.79 Å². The molecule has 0 spiro atoms. The molecule has 2 heterocycles. The van der Waals surface area contributed by atoms with Gasteiger partial charge in [-0.2, -0.15) is 11.8 Å². The van der Waals surface area contributed by atoms with Crippen LogP contribution in [0.5, 0.6) is 11.5 Å². The number of hydrogen-bond acceptors (Lipinski definition) is 5. The Morgan fingerprint density at radius 2 is 2.25 bits per heavy atom. The van der Waals surface area contributed by atoms with Gasteiger partial charge in [-0.1, -0.05) is 12.1 Å². The lowest BCUT2D eigenvalue weighted by Crippen LogP contribution is -2.45. The highest BCUT2D eigenvalue weighted by molar-refractivity contribution is 7.99. The third-order valence-electron chi connectivity index (χ3n) is 4.52. The Bertz CT molecular complexity index is 611. The summed E-state index contributed by atoms with van der Waals surface area (Å²) >= 11 is 1.86. The number of benzene rings is 1. The van der Waals surface area contributed by atoms with Crippen molar-refractivity contribution in [3.05, 3.63) is 23.8 Å². The number of para-hydroxylation sites is 1. The molecule has 2 aliphatic heterocycles. The highest BCUT2D eigenvalue weighted by Gasteiger charge is 2.35. The van der Waals surface area contributed by atoms with E-state index in [1.807, 2.05) is 43.8 Å². The van der Waals surface area contributed by atoms with E-state index in [4.69, 9.17) is 14.2 Å². The van der Waals surface area contributed by atoms with E-state index < -0.39 is 0 Å². The Morgan fingerprint density at radius 3 is 2.96 bits per heavy atom. The first kappa shape index (κ1) is 17.4. The molecule has 1 N–H and O–H groups in total. The summed E-state index contributed by atoms with van der Waals surface area (Å²) < 4.78 is 17.3. The number of carbonyl (C=O) groups excluding carboxylic acids is 1. The first-order valence-corrected chi connectivity index (χ1v) is 9.42. The van der Waals surface area contributed by atoms with Gasteiger partial charge in [0.2, 0.25) is 0 Å². The summed E-state index contributed by atoms with van der Waals surface area (Å²) in [5.74, 6) is 3.24. The maximum Gasteiger partial charge on any atom is 0.258 e. The standard InChI is InChI=1S/C18H25NO4S/c1-17(2)9-13-5-4-6-14(16(13)23-17)22-10-15(20)19-11-18(21-3)7-8-24-12-18/h4-6H,7-12H2,1-3H3,(H,19,20). The maximum atomic E-state index is 12.1. The highest BCUT2D eigenvalue weighted by atomic mass is 32.2. The van der Waals surface area contributed by atoms with Gasteiger partial charge in [0.1, 0.15) is 5.60 Å². The number of amides is 1. The predicted octanol–water partition coefficient (Wildman–Crippen LogP) is 2.42. The number of methoxy groups -OCH3 is 1. The summed E-state index contributed by atoms with van der Waals surface area (Å²) in [5.41, 5.74) is 0.662. The Balaban J connectivity index is 1.53. The molecule has 1 unspecified atom stereocenters. The van der Waals surface area contributed by atoms with Crippen LogP contribution in [0.25, 0.3) is 0 Å². The average molecular weight is 351 g/mol. The van der Waals surface area contributed by atoms with E-state index >= 15 is 0 Å². The van der Waals surface area contributed by atoms with Crippen LogP contribution in [0.4, 0.5) is 0 Å². The number of fused-ring (bicyclic) bond motifs is 1. The van der Waals surface area contributed by atoms with E-state index in [2.05, 4.69) is 5.32 Å². The molecule has 1 fully saturated rings. The number of carbonyl (C=O) groups is 1. The van der Waals surface area contributed by atoms with Gasteiger partial charge >= 0.3 is 0 Å². The molecule has 1 atom stereocenters. The Kier molecular flexibility index (Phi) is 4.97. The topological polar surface area (TPSA) is 56.8 Å². The molecule has 1 saturated heterocycles. The van der Waals surface area contributed by atoms with Crippen molar-refractivity contribution < 1.29 is 19.0 Å². The molecule has 5 nitrogen and oxygen atoms in total. The first-order valence-electron chi connectivity index (χ1n) is 8.26. The van der Waals surface area contributed by atoms with Crippen LogP contribution < -0.4 is 14.8 Å². The fourth-order valence-corrected chi connectivity index (χ4v) is 4.51. The SMILES string of the molecule is COC1(CNC(=O)COc2cccc3c2OC(C)(C)C3)CCSC1. The van der Waals surface area contributed by atoms with Gasteiger partial charge in [-0.3, -0.25) is 4.79 Å². The van der Waals surface area contributed by atoms with E-state index in [1.165, 1.54) is 0 Å². The lowest BCUT2D eigenvalue weighted by Gasteiger charge is -2.26. The molecule has 24 heavy (non-hydrogen) atoms. The van der Waals surface area contributed by atoms with Crippen LogP contribution in [0.3, 0.4) is 0 Å². The van der Waals surface area contributed by atoms with Gasteiger partial charge in [-0.25, -0.2) is 0 Å². The highest BCUT2D eigenvalue weighted by Crippen LogP contribution is 2.41. The van der Waals surface area contributed by atoms with Crippen molar-refractivity contribution in [3.63, 3.8) is 0 Å². The molecule has 0 radical (unpaired) electrons.